The van der Waals surface area contributed by atoms with Crippen molar-refractivity contribution >= 4 is 17.9 Å². The van der Waals surface area contributed by atoms with Gasteiger partial charge < -0.3 is 9.47 Å². The molecule has 5 nitrogen and oxygen atoms in total. The minimum absolute atomic E-state index is 0.0282. The Hall–Kier alpha value is -1.39. The summed E-state index contributed by atoms with van der Waals surface area (Å²) in [7, 11) is 0. The minimum atomic E-state index is -1.01. The first-order chi connectivity index (χ1) is 7.77. The van der Waals surface area contributed by atoms with Gasteiger partial charge in [0.05, 0.1) is 12.3 Å². The number of hydrogen-bond acceptors (Lipinski definition) is 5. The molecule has 2 unspecified atom stereocenters. The lowest BCUT2D eigenvalue weighted by Gasteiger charge is -2.29. The Balaban J connectivity index is 2.71. The molecule has 0 aromatic carbocycles. The molecular weight excluding hydrogens is 224 g/mol. The number of esters is 3. The van der Waals surface area contributed by atoms with Crippen LogP contribution in [0.3, 0.4) is 0 Å². The molecule has 1 aliphatic heterocycles. The smallest absolute Gasteiger partial charge is 0.321 e. The summed E-state index contributed by atoms with van der Waals surface area (Å²) in [4.78, 5) is 34.1. The molecule has 1 saturated heterocycles. The average molecular weight is 242 g/mol. The van der Waals surface area contributed by atoms with Gasteiger partial charge in [0, 0.05) is 0 Å². The molecule has 0 aromatic rings. The van der Waals surface area contributed by atoms with Crippen molar-refractivity contribution in [2.75, 3.05) is 0 Å². The van der Waals surface area contributed by atoms with E-state index >= 15 is 0 Å². The van der Waals surface area contributed by atoms with Crippen LogP contribution in [0.5, 0.6) is 0 Å². The number of rotatable bonds is 4. The summed E-state index contributed by atoms with van der Waals surface area (Å²) in [6, 6.07) is 0. The molecule has 1 heterocycles. The summed E-state index contributed by atoms with van der Waals surface area (Å²) in [5, 5.41) is 0. The molecule has 0 saturated carbocycles. The Bertz CT molecular complexity index is 345. The largest absolute Gasteiger partial charge is 0.459 e. The number of carbonyl (C=O) groups excluding carboxylic acids is 3. The molecule has 0 bridgehead atoms. The zero-order chi connectivity index (χ0) is 13.2. The second-order valence-corrected chi connectivity index (χ2v) is 4.88. The number of carbonyl (C=O) groups is 3. The Morgan fingerprint density at radius 2 is 2.12 bits per heavy atom. The van der Waals surface area contributed by atoms with Crippen LogP contribution in [0.2, 0.25) is 0 Å². The molecule has 5 heteroatoms. The predicted octanol–water partition coefficient (Wildman–Crippen LogP) is 1.44. The summed E-state index contributed by atoms with van der Waals surface area (Å²) >= 11 is 0. The van der Waals surface area contributed by atoms with Crippen LogP contribution in [0.25, 0.3) is 0 Å². The third kappa shape index (κ3) is 3.05. The first-order valence-electron chi connectivity index (χ1n) is 5.75. The maximum atomic E-state index is 11.7. The van der Waals surface area contributed by atoms with Gasteiger partial charge in [0.15, 0.2) is 0 Å². The first kappa shape index (κ1) is 13.7. The van der Waals surface area contributed by atoms with Crippen LogP contribution in [0, 0.1) is 11.8 Å². The number of cyclic esters (lactones) is 2. The molecule has 0 spiro atoms. The lowest BCUT2D eigenvalue weighted by molar-refractivity contribution is -0.169. The minimum Gasteiger partial charge on any atom is -0.459 e. The molecule has 1 aliphatic rings. The summed E-state index contributed by atoms with van der Waals surface area (Å²) < 4.78 is 9.76. The average Bonchev–Trinajstić information content (AvgIpc) is 2.56. The Labute approximate surface area is 100 Å². The van der Waals surface area contributed by atoms with Gasteiger partial charge in [-0.1, -0.05) is 13.8 Å². The van der Waals surface area contributed by atoms with Crippen LogP contribution in [-0.4, -0.2) is 23.5 Å². The fourth-order valence-electron chi connectivity index (χ4n) is 1.60. The number of ether oxygens (including phenoxy) is 2. The molecule has 0 aromatic heterocycles. The van der Waals surface area contributed by atoms with Crippen molar-refractivity contribution in [3.05, 3.63) is 0 Å². The van der Waals surface area contributed by atoms with Crippen molar-refractivity contribution in [1.82, 2.24) is 0 Å². The Morgan fingerprint density at radius 1 is 1.53 bits per heavy atom. The molecule has 17 heavy (non-hydrogen) atoms. The monoisotopic (exact) mass is 242 g/mol. The van der Waals surface area contributed by atoms with Crippen LogP contribution in [0.15, 0.2) is 0 Å². The summed E-state index contributed by atoms with van der Waals surface area (Å²) in [6.07, 6.45) is 0.641. The van der Waals surface area contributed by atoms with Gasteiger partial charge in [-0.3, -0.25) is 14.4 Å². The highest BCUT2D eigenvalue weighted by Gasteiger charge is 2.46. The molecule has 1 rings (SSSR count). The van der Waals surface area contributed by atoms with Crippen molar-refractivity contribution in [3.63, 3.8) is 0 Å². The maximum Gasteiger partial charge on any atom is 0.321 e. The molecule has 96 valence electrons. The highest BCUT2D eigenvalue weighted by Crippen LogP contribution is 2.31. The first-order valence-corrected chi connectivity index (χ1v) is 5.75. The quantitative estimate of drug-likeness (QED) is 0.551. The summed E-state index contributed by atoms with van der Waals surface area (Å²) in [5.41, 5.74) is -1.01. The van der Waals surface area contributed by atoms with Gasteiger partial charge in [0.1, 0.15) is 11.5 Å². The molecule has 0 N–H and O–H groups in total. The topological polar surface area (TPSA) is 69.7 Å². The van der Waals surface area contributed by atoms with Crippen LogP contribution in [-0.2, 0) is 23.9 Å². The van der Waals surface area contributed by atoms with Gasteiger partial charge in [-0.15, -0.1) is 0 Å². The second-order valence-electron chi connectivity index (χ2n) is 4.88. The molecule has 0 radical (unpaired) electrons. The molecule has 2 atom stereocenters. The van der Waals surface area contributed by atoms with Gasteiger partial charge in [-0.2, -0.15) is 0 Å². The SMILES string of the molecule is CCC(C)C(=O)OC(C)(C)C1CC(=O)OC1=O. The second kappa shape index (κ2) is 4.85. The van der Waals surface area contributed by atoms with Gasteiger partial charge in [-0.25, -0.2) is 0 Å². The predicted molar refractivity (Wildman–Crippen MR) is 58.8 cm³/mol. The van der Waals surface area contributed by atoms with E-state index in [1.807, 2.05) is 6.92 Å². The van der Waals surface area contributed by atoms with Crippen molar-refractivity contribution in [2.45, 2.75) is 46.1 Å². The molecule has 0 amide bonds. The summed E-state index contributed by atoms with van der Waals surface area (Å²) in [6.45, 7) is 6.89. The van der Waals surface area contributed by atoms with Crippen LogP contribution in [0.1, 0.15) is 40.5 Å². The van der Waals surface area contributed by atoms with E-state index in [0.717, 1.165) is 0 Å². The van der Waals surface area contributed by atoms with E-state index in [9.17, 15) is 14.4 Å². The molecule has 1 fully saturated rings. The van der Waals surface area contributed by atoms with Gasteiger partial charge >= 0.3 is 17.9 Å². The highest BCUT2D eigenvalue weighted by atomic mass is 16.6. The maximum absolute atomic E-state index is 11.7. The number of hydrogen-bond donors (Lipinski definition) is 0. The molecular formula is C12H18O5. The standard InChI is InChI=1S/C12H18O5/c1-5-7(2)10(14)17-12(3,4)8-6-9(13)16-11(8)15/h7-8H,5-6H2,1-4H3. The lowest BCUT2D eigenvalue weighted by atomic mass is 9.89. The van der Waals surface area contributed by atoms with E-state index in [1.165, 1.54) is 0 Å². The van der Waals surface area contributed by atoms with Crippen LogP contribution < -0.4 is 0 Å². The van der Waals surface area contributed by atoms with Crippen molar-refractivity contribution < 1.29 is 23.9 Å². The lowest BCUT2D eigenvalue weighted by Crippen LogP contribution is -2.40. The van der Waals surface area contributed by atoms with Crippen molar-refractivity contribution in [3.8, 4) is 0 Å². The third-order valence-corrected chi connectivity index (χ3v) is 3.09. The van der Waals surface area contributed by atoms with Crippen LogP contribution >= 0.6 is 0 Å². The van der Waals surface area contributed by atoms with E-state index in [4.69, 9.17) is 4.74 Å². The Morgan fingerprint density at radius 3 is 2.53 bits per heavy atom. The summed E-state index contributed by atoms with van der Waals surface area (Å²) in [5.74, 6) is -2.46. The van der Waals surface area contributed by atoms with E-state index in [0.29, 0.717) is 6.42 Å². The van der Waals surface area contributed by atoms with E-state index in [2.05, 4.69) is 4.74 Å². The van der Waals surface area contributed by atoms with Crippen molar-refractivity contribution in [1.29, 1.82) is 0 Å². The zero-order valence-electron chi connectivity index (χ0n) is 10.6. The van der Waals surface area contributed by atoms with E-state index < -0.39 is 23.5 Å². The van der Waals surface area contributed by atoms with E-state index in [1.54, 1.807) is 20.8 Å². The van der Waals surface area contributed by atoms with Gasteiger partial charge in [0.2, 0.25) is 0 Å². The van der Waals surface area contributed by atoms with Gasteiger partial charge in [-0.05, 0) is 20.3 Å². The van der Waals surface area contributed by atoms with E-state index in [-0.39, 0.29) is 18.3 Å². The van der Waals surface area contributed by atoms with Crippen molar-refractivity contribution in [2.24, 2.45) is 11.8 Å². The Kier molecular flexibility index (Phi) is 3.91. The normalized spacial score (nSPS) is 22.2. The fraction of sp³-hybridized carbons (Fsp3) is 0.750. The third-order valence-electron chi connectivity index (χ3n) is 3.09. The highest BCUT2D eigenvalue weighted by molar-refractivity contribution is 5.95. The zero-order valence-corrected chi connectivity index (χ0v) is 10.6. The van der Waals surface area contributed by atoms with Crippen LogP contribution in [0.4, 0.5) is 0 Å². The molecule has 0 aliphatic carbocycles. The fourth-order valence-corrected chi connectivity index (χ4v) is 1.60. The van der Waals surface area contributed by atoms with Gasteiger partial charge in [0.25, 0.3) is 0 Å².